The third kappa shape index (κ3) is 3.25. The molecule has 0 radical (unpaired) electrons. The van der Waals surface area contributed by atoms with E-state index in [9.17, 15) is 0 Å². The van der Waals surface area contributed by atoms with Crippen molar-refractivity contribution < 1.29 is 0 Å². The minimum absolute atomic E-state index is 0.559. The smallest absolute Gasteiger partial charge is 0.0431 e. The van der Waals surface area contributed by atoms with Crippen molar-refractivity contribution in [1.82, 2.24) is 15.2 Å². The summed E-state index contributed by atoms with van der Waals surface area (Å²) in [5.41, 5.74) is 2.11. The molecule has 2 N–H and O–H groups in total. The van der Waals surface area contributed by atoms with E-state index in [0.29, 0.717) is 11.3 Å². The highest BCUT2D eigenvalue weighted by atomic mass is 15.2. The molecule has 2 aliphatic carbocycles. The number of allylic oxidation sites excluding steroid dienone is 2. The summed E-state index contributed by atoms with van der Waals surface area (Å²) in [7, 11) is 0. The zero-order valence-electron chi connectivity index (χ0n) is 14.3. The number of nitrogens with one attached hydrogen (secondary N) is 2. The number of nitrogens with zero attached hydrogens (tertiary/aromatic N) is 1. The summed E-state index contributed by atoms with van der Waals surface area (Å²) < 4.78 is 0. The summed E-state index contributed by atoms with van der Waals surface area (Å²) in [5, 5.41) is 6.42. The fraction of sp³-hybridized carbons (Fsp3) is 0.600. The Kier molecular flexibility index (Phi) is 4.06. The minimum Gasteiger partial charge on any atom is -0.372 e. The fourth-order valence-electron chi connectivity index (χ4n) is 4.05. The maximum Gasteiger partial charge on any atom is 0.0431 e. The second kappa shape index (κ2) is 6.20. The van der Waals surface area contributed by atoms with Crippen LogP contribution in [0.3, 0.4) is 0 Å². The highest BCUT2D eigenvalue weighted by Crippen LogP contribution is 2.46. The molecule has 1 saturated heterocycles. The Bertz CT molecular complexity index is 693. The van der Waals surface area contributed by atoms with Gasteiger partial charge in [0.05, 0.1) is 0 Å². The normalized spacial score (nSPS) is 27.3. The molecule has 2 fully saturated rings. The van der Waals surface area contributed by atoms with E-state index in [1.807, 2.05) is 0 Å². The molecule has 2 heterocycles. The SMILES string of the molecule is CC1C=CCCC(N2CCNCC3(CC3)C2)=c2cc[nH]c2=CC1. The molecule has 3 nitrogen and oxygen atoms in total. The van der Waals surface area contributed by atoms with Crippen molar-refractivity contribution in [1.29, 1.82) is 0 Å². The van der Waals surface area contributed by atoms with Crippen LogP contribution in [-0.2, 0) is 0 Å². The van der Waals surface area contributed by atoms with Gasteiger partial charge in [0.1, 0.15) is 0 Å². The van der Waals surface area contributed by atoms with E-state index in [-0.39, 0.29) is 0 Å². The quantitative estimate of drug-likeness (QED) is 0.777. The van der Waals surface area contributed by atoms with Crippen LogP contribution in [0.25, 0.3) is 11.8 Å². The van der Waals surface area contributed by atoms with Crippen molar-refractivity contribution in [3.63, 3.8) is 0 Å². The number of H-pyrrole nitrogens is 1. The number of hydrogen-bond donors (Lipinski definition) is 2. The Morgan fingerprint density at radius 1 is 1.30 bits per heavy atom. The summed E-state index contributed by atoms with van der Waals surface area (Å²) in [5.74, 6) is 0.629. The molecule has 23 heavy (non-hydrogen) atoms. The average Bonchev–Trinajstić information content (AvgIpc) is 3.22. The van der Waals surface area contributed by atoms with Gasteiger partial charge in [0, 0.05) is 54.1 Å². The maximum absolute atomic E-state index is 3.66. The van der Waals surface area contributed by atoms with Crippen LogP contribution in [0.15, 0.2) is 24.4 Å². The highest BCUT2D eigenvalue weighted by Gasteiger charge is 2.44. The van der Waals surface area contributed by atoms with Gasteiger partial charge in [-0.05, 0) is 44.1 Å². The molecule has 1 saturated carbocycles. The van der Waals surface area contributed by atoms with Crippen molar-refractivity contribution in [3.05, 3.63) is 35.0 Å². The topological polar surface area (TPSA) is 31.1 Å². The number of fused-ring (bicyclic) bond motifs is 1. The van der Waals surface area contributed by atoms with Crippen LogP contribution in [0.1, 0.15) is 39.0 Å². The van der Waals surface area contributed by atoms with Gasteiger partial charge >= 0.3 is 0 Å². The molecule has 1 unspecified atom stereocenters. The molecule has 1 spiro atoms. The van der Waals surface area contributed by atoms with Gasteiger partial charge in [-0.1, -0.05) is 25.2 Å². The maximum atomic E-state index is 3.66. The second-order valence-corrected chi connectivity index (χ2v) is 7.73. The molecule has 3 heteroatoms. The molecule has 1 aliphatic heterocycles. The number of aromatic nitrogens is 1. The third-order valence-electron chi connectivity index (χ3n) is 5.72. The lowest BCUT2D eigenvalue weighted by atomic mass is 10.0. The summed E-state index contributed by atoms with van der Waals surface area (Å²) in [6.45, 7) is 7.00. The average molecular weight is 311 g/mol. The number of rotatable bonds is 1. The Labute approximate surface area is 139 Å². The Morgan fingerprint density at radius 2 is 2.22 bits per heavy atom. The molecular formula is C20H29N3. The van der Waals surface area contributed by atoms with Gasteiger partial charge in [-0.25, -0.2) is 0 Å². The van der Waals surface area contributed by atoms with Crippen LogP contribution in [0.4, 0.5) is 0 Å². The monoisotopic (exact) mass is 311 g/mol. The first-order valence-corrected chi connectivity index (χ1v) is 9.25. The van der Waals surface area contributed by atoms with E-state index in [1.165, 1.54) is 36.5 Å². The van der Waals surface area contributed by atoms with Crippen LogP contribution in [-0.4, -0.2) is 36.1 Å². The lowest BCUT2D eigenvalue weighted by Crippen LogP contribution is -2.37. The Morgan fingerprint density at radius 3 is 3.09 bits per heavy atom. The van der Waals surface area contributed by atoms with E-state index in [1.54, 1.807) is 5.70 Å². The Hall–Kier alpha value is -1.48. The van der Waals surface area contributed by atoms with Crippen LogP contribution < -0.4 is 15.9 Å². The molecule has 1 atom stereocenters. The standard InChI is InChI=1S/C20H29N3/c1-16-4-2-3-5-19(17-8-11-22-18(17)7-6-16)23-13-12-21-14-20(15-23)9-10-20/h2,4,7-8,11,16,21-22H,3,5-6,9-10,12-15H2,1H3. The van der Waals surface area contributed by atoms with Gasteiger partial charge in [-0.3, -0.25) is 0 Å². The first-order chi connectivity index (χ1) is 11.3. The zero-order valence-corrected chi connectivity index (χ0v) is 14.3. The second-order valence-electron chi connectivity index (χ2n) is 7.73. The van der Waals surface area contributed by atoms with Crippen molar-refractivity contribution in [3.8, 4) is 0 Å². The van der Waals surface area contributed by atoms with E-state index in [0.717, 1.165) is 32.4 Å². The van der Waals surface area contributed by atoms with Gasteiger partial charge in [0.15, 0.2) is 0 Å². The van der Waals surface area contributed by atoms with Gasteiger partial charge in [-0.15, -0.1) is 0 Å². The van der Waals surface area contributed by atoms with E-state index in [4.69, 9.17) is 0 Å². The summed E-state index contributed by atoms with van der Waals surface area (Å²) in [4.78, 5) is 6.16. The van der Waals surface area contributed by atoms with Crippen LogP contribution in [0.5, 0.6) is 0 Å². The summed E-state index contributed by atoms with van der Waals surface area (Å²) in [6, 6.07) is 2.29. The number of aromatic amines is 1. The molecule has 124 valence electrons. The van der Waals surface area contributed by atoms with Gasteiger partial charge < -0.3 is 15.2 Å². The third-order valence-corrected chi connectivity index (χ3v) is 5.72. The lowest BCUT2D eigenvalue weighted by molar-refractivity contribution is 0.336. The molecular weight excluding hydrogens is 282 g/mol. The van der Waals surface area contributed by atoms with Gasteiger partial charge in [0.2, 0.25) is 0 Å². The lowest BCUT2D eigenvalue weighted by Gasteiger charge is -2.28. The predicted molar refractivity (Wildman–Crippen MR) is 96.2 cm³/mol. The minimum atomic E-state index is 0.559. The van der Waals surface area contributed by atoms with Crippen LogP contribution in [0.2, 0.25) is 0 Å². The zero-order chi connectivity index (χ0) is 15.7. The molecule has 0 amide bonds. The molecule has 1 aromatic heterocycles. The van der Waals surface area contributed by atoms with Crippen LogP contribution in [0, 0.1) is 11.3 Å². The van der Waals surface area contributed by atoms with Crippen molar-refractivity contribution in [2.45, 2.75) is 39.0 Å². The predicted octanol–water partition coefficient (Wildman–Crippen LogP) is 1.96. The van der Waals surface area contributed by atoms with E-state index < -0.39 is 0 Å². The van der Waals surface area contributed by atoms with Crippen molar-refractivity contribution in [2.24, 2.45) is 11.3 Å². The van der Waals surface area contributed by atoms with Gasteiger partial charge in [-0.2, -0.15) is 0 Å². The highest BCUT2D eigenvalue weighted by molar-refractivity contribution is 5.45. The van der Waals surface area contributed by atoms with E-state index in [2.05, 4.69) is 52.6 Å². The molecule has 3 aliphatic rings. The largest absolute Gasteiger partial charge is 0.372 e. The Balaban J connectivity index is 1.75. The van der Waals surface area contributed by atoms with E-state index >= 15 is 0 Å². The summed E-state index contributed by atoms with van der Waals surface area (Å²) >= 11 is 0. The molecule has 0 aromatic carbocycles. The molecule has 0 bridgehead atoms. The fourth-order valence-corrected chi connectivity index (χ4v) is 4.05. The number of hydrogen-bond acceptors (Lipinski definition) is 2. The van der Waals surface area contributed by atoms with Gasteiger partial charge in [0.25, 0.3) is 0 Å². The van der Waals surface area contributed by atoms with Crippen molar-refractivity contribution >= 4 is 11.8 Å². The molecule has 4 rings (SSSR count). The summed E-state index contributed by atoms with van der Waals surface area (Å²) in [6.07, 6.45) is 15.5. The first kappa shape index (κ1) is 15.1. The first-order valence-electron chi connectivity index (χ1n) is 9.25. The van der Waals surface area contributed by atoms with Crippen molar-refractivity contribution in [2.75, 3.05) is 26.2 Å². The molecule has 1 aromatic rings. The van der Waals surface area contributed by atoms with Crippen LogP contribution >= 0.6 is 0 Å².